The van der Waals surface area contributed by atoms with E-state index in [-0.39, 0.29) is 10.6 Å². The van der Waals surface area contributed by atoms with Crippen molar-refractivity contribution in [1.82, 2.24) is 15.1 Å². The van der Waals surface area contributed by atoms with Crippen LogP contribution in [0.5, 0.6) is 0 Å². The minimum Gasteiger partial charge on any atom is -0.350 e. The predicted octanol–water partition coefficient (Wildman–Crippen LogP) is 0.546. The Morgan fingerprint density at radius 1 is 1.42 bits per heavy atom. The molecule has 0 amide bonds. The fourth-order valence-electron chi connectivity index (χ4n) is 3.37. The first kappa shape index (κ1) is 12.4. The van der Waals surface area contributed by atoms with Crippen molar-refractivity contribution in [2.75, 3.05) is 31.1 Å². The molecule has 1 N–H and O–H groups in total. The molecular weight excluding hydrogens is 246 g/mol. The average molecular weight is 265 g/mol. The van der Waals surface area contributed by atoms with Crippen LogP contribution in [0.25, 0.3) is 0 Å². The van der Waals surface area contributed by atoms with Gasteiger partial charge in [-0.3, -0.25) is 10.1 Å². The van der Waals surface area contributed by atoms with Gasteiger partial charge in [0.25, 0.3) is 0 Å². The van der Waals surface area contributed by atoms with Gasteiger partial charge in [-0.25, -0.2) is 4.68 Å². The van der Waals surface area contributed by atoms with E-state index in [4.69, 9.17) is 0 Å². The van der Waals surface area contributed by atoms with Crippen LogP contribution in [0.1, 0.15) is 12.6 Å². The van der Waals surface area contributed by atoms with E-state index in [0.29, 0.717) is 29.8 Å². The molecule has 1 aromatic rings. The number of hydrogen-bond acceptors (Lipinski definition) is 5. The molecule has 0 spiro atoms. The molecule has 2 fully saturated rings. The summed E-state index contributed by atoms with van der Waals surface area (Å²) >= 11 is 0. The number of nitrogens with zero attached hydrogens (tertiary/aromatic N) is 4. The number of fused-ring (bicyclic) bond motifs is 1. The van der Waals surface area contributed by atoms with Crippen molar-refractivity contribution in [3.63, 3.8) is 0 Å². The Hall–Kier alpha value is -1.63. The van der Waals surface area contributed by atoms with Gasteiger partial charge in [0.1, 0.15) is 5.69 Å². The summed E-state index contributed by atoms with van der Waals surface area (Å²) in [5.41, 5.74) is 0.774. The summed E-state index contributed by atoms with van der Waals surface area (Å²) in [7, 11) is 1.80. The summed E-state index contributed by atoms with van der Waals surface area (Å²) in [6, 6.07) is 0. The summed E-state index contributed by atoms with van der Waals surface area (Å²) in [4.78, 5) is 13.2. The Kier molecular flexibility index (Phi) is 2.93. The first-order valence-electron chi connectivity index (χ1n) is 6.77. The van der Waals surface area contributed by atoms with Gasteiger partial charge in [-0.05, 0) is 18.3 Å². The van der Waals surface area contributed by atoms with Crippen LogP contribution in [0, 0.1) is 22.0 Å². The maximum atomic E-state index is 11.3. The number of aryl methyl sites for hydroxylation is 2. The van der Waals surface area contributed by atoms with Gasteiger partial charge >= 0.3 is 5.69 Å². The van der Waals surface area contributed by atoms with E-state index < -0.39 is 0 Å². The molecule has 0 aromatic carbocycles. The molecule has 2 aliphatic rings. The minimum atomic E-state index is -0.284. The van der Waals surface area contributed by atoms with Gasteiger partial charge in [0.2, 0.25) is 5.82 Å². The summed E-state index contributed by atoms with van der Waals surface area (Å²) in [5, 5.41) is 19.0. The van der Waals surface area contributed by atoms with E-state index in [9.17, 15) is 10.1 Å². The lowest BCUT2D eigenvalue weighted by Gasteiger charge is -2.18. The predicted molar refractivity (Wildman–Crippen MR) is 71.3 cm³/mol. The molecule has 7 heteroatoms. The Bertz CT molecular complexity index is 500. The molecule has 2 saturated heterocycles. The molecule has 2 atom stereocenters. The molecule has 0 saturated carbocycles. The Morgan fingerprint density at radius 2 is 2.05 bits per heavy atom. The first-order valence-corrected chi connectivity index (χ1v) is 6.77. The van der Waals surface area contributed by atoms with Crippen LogP contribution in [0.2, 0.25) is 0 Å². The Labute approximate surface area is 111 Å². The SMILES string of the molecule is CCc1nn(C)c(N2C[C@H]3CNC[C@H]3C2)c1[N+](=O)[O-]. The maximum Gasteiger partial charge on any atom is 0.334 e. The van der Waals surface area contributed by atoms with Gasteiger partial charge in [-0.2, -0.15) is 5.10 Å². The molecule has 19 heavy (non-hydrogen) atoms. The second kappa shape index (κ2) is 4.48. The Morgan fingerprint density at radius 3 is 2.58 bits per heavy atom. The molecule has 0 unspecified atom stereocenters. The van der Waals surface area contributed by atoms with Crippen molar-refractivity contribution in [3.05, 3.63) is 15.8 Å². The zero-order valence-corrected chi connectivity index (χ0v) is 11.3. The van der Waals surface area contributed by atoms with Crippen LogP contribution in [0.3, 0.4) is 0 Å². The first-order chi connectivity index (χ1) is 9.11. The van der Waals surface area contributed by atoms with Gasteiger partial charge in [0, 0.05) is 33.2 Å². The number of hydrogen-bond donors (Lipinski definition) is 1. The second-order valence-corrected chi connectivity index (χ2v) is 5.44. The van der Waals surface area contributed by atoms with Gasteiger partial charge in [0.15, 0.2) is 0 Å². The molecule has 2 aliphatic heterocycles. The summed E-state index contributed by atoms with van der Waals surface area (Å²) < 4.78 is 1.67. The molecule has 7 nitrogen and oxygen atoms in total. The van der Waals surface area contributed by atoms with Crippen LogP contribution in [0.15, 0.2) is 0 Å². The number of aromatic nitrogens is 2. The lowest BCUT2D eigenvalue weighted by Crippen LogP contribution is -2.27. The van der Waals surface area contributed by atoms with E-state index in [1.807, 2.05) is 6.92 Å². The van der Waals surface area contributed by atoms with Gasteiger partial charge in [-0.15, -0.1) is 0 Å². The zero-order valence-electron chi connectivity index (χ0n) is 11.3. The van der Waals surface area contributed by atoms with Crippen LogP contribution in [-0.2, 0) is 13.5 Å². The summed E-state index contributed by atoms with van der Waals surface area (Å²) in [5.74, 6) is 1.90. The van der Waals surface area contributed by atoms with Crippen molar-refractivity contribution in [2.45, 2.75) is 13.3 Å². The van der Waals surface area contributed by atoms with E-state index >= 15 is 0 Å². The normalized spacial score (nSPS) is 25.9. The average Bonchev–Trinajstić information content (AvgIpc) is 2.99. The van der Waals surface area contributed by atoms with E-state index in [0.717, 1.165) is 26.2 Å². The van der Waals surface area contributed by atoms with E-state index in [1.165, 1.54) is 0 Å². The molecule has 1 aromatic heterocycles. The molecular formula is C12H19N5O2. The second-order valence-electron chi connectivity index (χ2n) is 5.44. The molecule has 0 radical (unpaired) electrons. The van der Waals surface area contributed by atoms with Crippen molar-refractivity contribution >= 4 is 11.5 Å². The lowest BCUT2D eigenvalue weighted by atomic mass is 10.0. The fourth-order valence-corrected chi connectivity index (χ4v) is 3.37. The molecule has 0 aliphatic carbocycles. The molecule has 0 bridgehead atoms. The number of anilines is 1. The fraction of sp³-hybridized carbons (Fsp3) is 0.750. The number of nitrogens with one attached hydrogen (secondary N) is 1. The van der Waals surface area contributed by atoms with Crippen molar-refractivity contribution in [2.24, 2.45) is 18.9 Å². The molecule has 104 valence electrons. The molecule has 3 heterocycles. The van der Waals surface area contributed by atoms with Crippen LogP contribution >= 0.6 is 0 Å². The van der Waals surface area contributed by atoms with E-state index in [1.54, 1.807) is 11.7 Å². The van der Waals surface area contributed by atoms with Gasteiger partial charge in [0.05, 0.1) is 4.92 Å². The third-order valence-corrected chi connectivity index (χ3v) is 4.27. The summed E-state index contributed by atoms with van der Waals surface area (Å²) in [6.07, 6.45) is 0.590. The highest BCUT2D eigenvalue weighted by atomic mass is 16.6. The monoisotopic (exact) mass is 265 g/mol. The topological polar surface area (TPSA) is 76.2 Å². The third-order valence-electron chi connectivity index (χ3n) is 4.27. The van der Waals surface area contributed by atoms with Crippen LogP contribution in [0.4, 0.5) is 11.5 Å². The van der Waals surface area contributed by atoms with Gasteiger partial charge < -0.3 is 10.2 Å². The standard InChI is InChI=1S/C12H19N5O2/c1-3-10-11(17(18)19)12(15(2)14-10)16-6-8-4-13-5-9(8)7-16/h8-9,13H,3-7H2,1-2H3/t8-,9+. The third kappa shape index (κ3) is 1.88. The quantitative estimate of drug-likeness (QED) is 0.638. The highest BCUT2D eigenvalue weighted by Crippen LogP contribution is 2.37. The zero-order chi connectivity index (χ0) is 13.6. The summed E-state index contributed by atoms with van der Waals surface area (Å²) in [6.45, 7) is 5.73. The van der Waals surface area contributed by atoms with Crippen molar-refractivity contribution < 1.29 is 4.92 Å². The van der Waals surface area contributed by atoms with E-state index in [2.05, 4.69) is 15.3 Å². The number of nitro groups is 1. The smallest absolute Gasteiger partial charge is 0.334 e. The number of rotatable bonds is 3. The van der Waals surface area contributed by atoms with Crippen LogP contribution < -0.4 is 10.2 Å². The Balaban J connectivity index is 1.96. The minimum absolute atomic E-state index is 0.193. The van der Waals surface area contributed by atoms with Crippen molar-refractivity contribution in [1.29, 1.82) is 0 Å². The maximum absolute atomic E-state index is 11.3. The lowest BCUT2D eigenvalue weighted by molar-refractivity contribution is -0.384. The molecule has 3 rings (SSSR count). The van der Waals surface area contributed by atoms with Crippen LogP contribution in [-0.4, -0.2) is 40.9 Å². The highest BCUT2D eigenvalue weighted by Gasteiger charge is 2.40. The highest BCUT2D eigenvalue weighted by molar-refractivity contribution is 5.62. The van der Waals surface area contributed by atoms with Gasteiger partial charge in [-0.1, -0.05) is 6.92 Å². The largest absolute Gasteiger partial charge is 0.350 e. The van der Waals surface area contributed by atoms with Crippen molar-refractivity contribution in [3.8, 4) is 0 Å².